The average Bonchev–Trinajstić information content (AvgIpc) is 3.37. The molecule has 1 aromatic heterocycles. The summed E-state index contributed by atoms with van der Waals surface area (Å²) in [7, 11) is 1.64. The van der Waals surface area contributed by atoms with Crippen LogP contribution in [0, 0.1) is 0 Å². The summed E-state index contributed by atoms with van der Waals surface area (Å²) in [5.74, 6) is 2.11. The minimum Gasteiger partial charge on any atom is -0.550 e. The molecular formula is C25H26NNaO5. The molecule has 4 rings (SSSR count). The third-order valence-corrected chi connectivity index (χ3v) is 5.77. The van der Waals surface area contributed by atoms with Crippen molar-refractivity contribution in [1.29, 1.82) is 0 Å². The van der Waals surface area contributed by atoms with Crippen LogP contribution < -0.4 is 44.1 Å². The second-order valence-electron chi connectivity index (χ2n) is 7.74. The van der Waals surface area contributed by atoms with E-state index >= 15 is 0 Å². The molecule has 162 valence electrons. The van der Waals surface area contributed by atoms with E-state index in [0.29, 0.717) is 18.9 Å². The summed E-state index contributed by atoms with van der Waals surface area (Å²) in [6.07, 6.45) is 3.21. The van der Waals surface area contributed by atoms with E-state index in [1.165, 1.54) is 5.56 Å². The Morgan fingerprint density at radius 1 is 1.19 bits per heavy atom. The molecule has 1 aliphatic rings. The molecular weight excluding hydrogens is 417 g/mol. The van der Waals surface area contributed by atoms with Gasteiger partial charge in [-0.15, -0.1) is 0 Å². The summed E-state index contributed by atoms with van der Waals surface area (Å²) in [5.41, 5.74) is 4.09. The number of aliphatic carboxylic acids is 1. The van der Waals surface area contributed by atoms with Crippen LogP contribution in [-0.4, -0.2) is 24.7 Å². The van der Waals surface area contributed by atoms with Crippen molar-refractivity contribution in [2.45, 2.75) is 44.9 Å². The second kappa shape index (κ2) is 11.0. The largest absolute Gasteiger partial charge is 1.00 e. The molecule has 1 heterocycles. The molecule has 0 spiro atoms. The van der Waals surface area contributed by atoms with Gasteiger partial charge in [-0.1, -0.05) is 13.0 Å². The van der Waals surface area contributed by atoms with E-state index in [1.54, 1.807) is 7.11 Å². The van der Waals surface area contributed by atoms with E-state index in [1.807, 2.05) is 49.4 Å². The van der Waals surface area contributed by atoms with Gasteiger partial charge in [0, 0.05) is 24.4 Å². The number of hydrogen-bond acceptors (Lipinski definition) is 6. The normalized spacial score (nSPS) is 14.5. The summed E-state index contributed by atoms with van der Waals surface area (Å²) in [4.78, 5) is 15.6. The van der Waals surface area contributed by atoms with E-state index in [9.17, 15) is 9.90 Å². The number of ether oxygens (including phenoxy) is 2. The predicted octanol–water partition coefficient (Wildman–Crippen LogP) is 0.708. The molecule has 0 saturated carbocycles. The molecule has 0 saturated heterocycles. The first-order valence-corrected chi connectivity index (χ1v) is 10.7. The number of carboxylic acid groups (broad SMARTS) is 1. The Bertz CT molecular complexity index is 1060. The Hall–Kier alpha value is -2.28. The van der Waals surface area contributed by atoms with Crippen LogP contribution in [0.2, 0.25) is 0 Å². The number of fused-ring (bicyclic) bond motifs is 1. The zero-order chi connectivity index (χ0) is 21.8. The van der Waals surface area contributed by atoms with Gasteiger partial charge >= 0.3 is 29.6 Å². The van der Waals surface area contributed by atoms with E-state index < -0.39 is 5.97 Å². The molecule has 0 radical (unpaired) electrons. The number of aromatic nitrogens is 1. The molecule has 3 aromatic rings. The molecule has 32 heavy (non-hydrogen) atoms. The Balaban J connectivity index is 0.00000289. The predicted molar refractivity (Wildman–Crippen MR) is 114 cm³/mol. The van der Waals surface area contributed by atoms with Crippen molar-refractivity contribution in [1.82, 2.24) is 4.98 Å². The van der Waals surface area contributed by atoms with Gasteiger partial charge in [-0.25, -0.2) is 4.98 Å². The maximum absolute atomic E-state index is 10.9. The number of carboxylic acids is 1. The number of nitrogens with zero attached hydrogens (tertiary/aromatic N) is 1. The van der Waals surface area contributed by atoms with Gasteiger partial charge in [0.15, 0.2) is 0 Å². The van der Waals surface area contributed by atoms with Crippen LogP contribution in [0.1, 0.15) is 48.3 Å². The van der Waals surface area contributed by atoms with Crippen LogP contribution in [0.4, 0.5) is 0 Å². The molecule has 0 unspecified atom stereocenters. The number of aryl methyl sites for hydroxylation is 2. The number of hydrogen-bond donors (Lipinski definition) is 0. The Kier molecular flexibility index (Phi) is 8.40. The van der Waals surface area contributed by atoms with E-state index in [2.05, 4.69) is 4.98 Å². The van der Waals surface area contributed by atoms with Gasteiger partial charge in [0.05, 0.1) is 19.4 Å². The fourth-order valence-electron chi connectivity index (χ4n) is 4.16. The van der Waals surface area contributed by atoms with Crippen molar-refractivity contribution < 1.29 is 53.3 Å². The second-order valence-corrected chi connectivity index (χ2v) is 7.74. The summed E-state index contributed by atoms with van der Waals surface area (Å²) in [6, 6.07) is 13.6. The number of rotatable bonds is 9. The molecule has 2 aromatic carbocycles. The number of carbonyl (C=O) groups excluding carboxylic acids is 1. The molecule has 0 aliphatic heterocycles. The van der Waals surface area contributed by atoms with Crippen molar-refractivity contribution >= 4 is 5.97 Å². The third-order valence-electron chi connectivity index (χ3n) is 5.77. The SMILES string of the molecule is CCc1oc(-c2ccc(OC)cc2)nc1CCOc1ccc2c(c1)CC[C@H]2CC(=O)[O-].[Na+]. The zero-order valence-corrected chi connectivity index (χ0v) is 20.8. The number of benzene rings is 2. The Morgan fingerprint density at radius 3 is 2.62 bits per heavy atom. The fourth-order valence-corrected chi connectivity index (χ4v) is 4.16. The maximum Gasteiger partial charge on any atom is 1.00 e. The van der Waals surface area contributed by atoms with Gasteiger partial charge in [0.1, 0.15) is 17.3 Å². The van der Waals surface area contributed by atoms with Gasteiger partial charge in [-0.05, 0) is 72.7 Å². The summed E-state index contributed by atoms with van der Waals surface area (Å²) in [5, 5.41) is 10.9. The Morgan fingerprint density at radius 2 is 1.94 bits per heavy atom. The molecule has 7 heteroatoms. The first-order valence-electron chi connectivity index (χ1n) is 10.7. The van der Waals surface area contributed by atoms with Crippen LogP contribution >= 0.6 is 0 Å². The van der Waals surface area contributed by atoms with Crippen molar-refractivity contribution in [3.05, 3.63) is 65.0 Å². The van der Waals surface area contributed by atoms with Crippen LogP contribution in [-0.2, 0) is 24.1 Å². The van der Waals surface area contributed by atoms with Crippen LogP contribution in [0.3, 0.4) is 0 Å². The average molecular weight is 443 g/mol. The molecule has 1 aliphatic carbocycles. The molecule has 0 N–H and O–H groups in total. The minimum atomic E-state index is -0.994. The van der Waals surface area contributed by atoms with Gasteiger partial charge in [-0.2, -0.15) is 0 Å². The smallest absolute Gasteiger partial charge is 0.550 e. The van der Waals surface area contributed by atoms with E-state index in [4.69, 9.17) is 13.9 Å². The zero-order valence-electron chi connectivity index (χ0n) is 18.8. The van der Waals surface area contributed by atoms with Crippen molar-refractivity contribution in [3.63, 3.8) is 0 Å². The first-order chi connectivity index (χ1) is 15.1. The number of oxazole rings is 1. The van der Waals surface area contributed by atoms with E-state index in [0.717, 1.165) is 53.3 Å². The Labute approximate surface area is 210 Å². The molecule has 6 nitrogen and oxygen atoms in total. The quantitative estimate of drug-likeness (QED) is 0.453. The standard InChI is InChI=1S/C25H27NO5.Na/c1-3-23-22(26-25(31-23)16-6-8-19(29-2)9-7-16)12-13-30-20-10-11-21-17(14-20)4-5-18(21)15-24(27)28;/h6-11,14,18H,3-5,12-13,15H2,1-2H3,(H,27,28);/q;+1/p-1/t18-;/m0./s1. The molecule has 1 atom stereocenters. The monoisotopic (exact) mass is 443 g/mol. The van der Waals surface area contributed by atoms with Gasteiger partial charge < -0.3 is 23.8 Å². The number of methoxy groups -OCH3 is 1. The van der Waals surface area contributed by atoms with Crippen LogP contribution in [0.5, 0.6) is 11.5 Å². The number of carbonyl (C=O) groups is 1. The molecule has 0 amide bonds. The van der Waals surface area contributed by atoms with Gasteiger partial charge in [0.25, 0.3) is 0 Å². The van der Waals surface area contributed by atoms with Gasteiger partial charge in [0.2, 0.25) is 5.89 Å². The van der Waals surface area contributed by atoms with Crippen molar-refractivity contribution in [2.75, 3.05) is 13.7 Å². The topological polar surface area (TPSA) is 84.6 Å². The first kappa shape index (κ1) is 24.4. The summed E-state index contributed by atoms with van der Waals surface area (Å²) < 4.78 is 17.1. The molecule has 0 bridgehead atoms. The maximum atomic E-state index is 10.9. The van der Waals surface area contributed by atoms with Crippen LogP contribution in [0.15, 0.2) is 46.9 Å². The van der Waals surface area contributed by atoms with Crippen molar-refractivity contribution in [3.8, 4) is 23.0 Å². The minimum absolute atomic E-state index is 0. The summed E-state index contributed by atoms with van der Waals surface area (Å²) >= 11 is 0. The third kappa shape index (κ3) is 5.55. The van der Waals surface area contributed by atoms with Crippen molar-refractivity contribution in [2.24, 2.45) is 0 Å². The fraction of sp³-hybridized carbons (Fsp3) is 0.360. The van der Waals surface area contributed by atoms with Gasteiger partial charge in [-0.3, -0.25) is 0 Å². The van der Waals surface area contributed by atoms with E-state index in [-0.39, 0.29) is 41.9 Å². The molecule has 0 fully saturated rings. The van der Waals surface area contributed by atoms with Crippen LogP contribution in [0.25, 0.3) is 11.5 Å². The summed E-state index contributed by atoms with van der Waals surface area (Å²) in [6.45, 7) is 2.54.